The van der Waals surface area contributed by atoms with E-state index in [0.29, 0.717) is 11.6 Å². The van der Waals surface area contributed by atoms with Crippen LogP contribution in [0, 0.1) is 0 Å². The Bertz CT molecular complexity index is 697. The average molecular weight is 363 g/mol. The molecule has 0 bridgehead atoms. The van der Waals surface area contributed by atoms with Crippen molar-refractivity contribution in [1.29, 1.82) is 0 Å². The summed E-state index contributed by atoms with van der Waals surface area (Å²) in [6.07, 6.45) is -10.3. The molecule has 8 heteroatoms. The van der Waals surface area contributed by atoms with Gasteiger partial charge in [-0.1, -0.05) is 42.5 Å². The van der Waals surface area contributed by atoms with Crippen molar-refractivity contribution in [1.82, 2.24) is 0 Å². The van der Waals surface area contributed by atoms with Crippen LogP contribution in [-0.4, -0.2) is 6.61 Å². The SMILES string of the molecule is NC(COCc1cccc(C(F)(F)F)c1C(F)(F)F)c1ccccc1. The lowest BCUT2D eigenvalue weighted by Crippen LogP contribution is -2.21. The predicted octanol–water partition coefficient (Wildman–Crippen LogP) is 4.94. The molecular weight excluding hydrogens is 348 g/mol. The maximum absolute atomic E-state index is 13.1. The van der Waals surface area contributed by atoms with Crippen LogP contribution >= 0.6 is 0 Å². The second kappa shape index (κ2) is 7.45. The van der Waals surface area contributed by atoms with Gasteiger partial charge in [0.15, 0.2) is 0 Å². The van der Waals surface area contributed by atoms with E-state index in [-0.39, 0.29) is 6.61 Å². The second-order valence-corrected chi connectivity index (χ2v) is 5.37. The lowest BCUT2D eigenvalue weighted by molar-refractivity contribution is -0.163. The van der Waals surface area contributed by atoms with E-state index in [4.69, 9.17) is 10.5 Å². The minimum Gasteiger partial charge on any atom is -0.375 e. The van der Waals surface area contributed by atoms with E-state index >= 15 is 0 Å². The molecule has 0 saturated carbocycles. The van der Waals surface area contributed by atoms with Crippen LogP contribution in [0.25, 0.3) is 0 Å². The lowest BCUT2D eigenvalue weighted by atomic mass is 10.0. The van der Waals surface area contributed by atoms with E-state index in [9.17, 15) is 26.3 Å². The Balaban J connectivity index is 2.17. The first-order chi connectivity index (χ1) is 11.6. The van der Waals surface area contributed by atoms with Crippen molar-refractivity contribution in [3.8, 4) is 0 Å². The number of benzene rings is 2. The van der Waals surface area contributed by atoms with Gasteiger partial charge in [-0.25, -0.2) is 0 Å². The van der Waals surface area contributed by atoms with Crippen molar-refractivity contribution < 1.29 is 31.1 Å². The van der Waals surface area contributed by atoms with Gasteiger partial charge in [-0.05, 0) is 17.2 Å². The quantitative estimate of drug-likeness (QED) is 0.764. The first kappa shape index (κ1) is 19.3. The van der Waals surface area contributed by atoms with Crippen molar-refractivity contribution in [2.24, 2.45) is 5.73 Å². The van der Waals surface area contributed by atoms with Crippen LogP contribution in [0.4, 0.5) is 26.3 Å². The molecule has 0 aromatic heterocycles. The van der Waals surface area contributed by atoms with Crippen LogP contribution in [0.3, 0.4) is 0 Å². The summed E-state index contributed by atoms with van der Waals surface area (Å²) < 4.78 is 83.1. The van der Waals surface area contributed by atoms with E-state index in [0.717, 1.165) is 12.1 Å². The highest BCUT2D eigenvalue weighted by Crippen LogP contribution is 2.42. The summed E-state index contributed by atoms with van der Waals surface area (Å²) in [5.41, 5.74) is 2.53. The molecule has 2 rings (SSSR count). The van der Waals surface area contributed by atoms with Gasteiger partial charge in [0.1, 0.15) is 0 Å². The van der Waals surface area contributed by atoms with E-state index in [1.807, 2.05) is 0 Å². The monoisotopic (exact) mass is 363 g/mol. The Kier molecular flexibility index (Phi) is 5.74. The minimum atomic E-state index is -5.15. The number of nitrogens with two attached hydrogens (primary N) is 1. The van der Waals surface area contributed by atoms with Gasteiger partial charge in [0.25, 0.3) is 0 Å². The normalized spacial score (nSPS) is 13.7. The van der Waals surface area contributed by atoms with Gasteiger partial charge in [-0.2, -0.15) is 26.3 Å². The number of rotatable bonds is 5. The standard InChI is InChI=1S/C17H15F6NO/c18-16(19,20)13-8-4-7-12(15(13)17(21,22)23)9-25-10-14(24)11-5-2-1-3-6-11/h1-8,14H,9-10,24H2. The van der Waals surface area contributed by atoms with E-state index in [2.05, 4.69) is 0 Å². The molecule has 0 radical (unpaired) electrons. The third-order valence-electron chi connectivity index (χ3n) is 3.52. The summed E-state index contributed by atoms with van der Waals surface area (Å²) in [6, 6.07) is 10.4. The van der Waals surface area contributed by atoms with Crippen molar-refractivity contribution in [3.05, 3.63) is 70.8 Å². The zero-order valence-corrected chi connectivity index (χ0v) is 12.9. The van der Waals surface area contributed by atoms with Crippen LogP contribution in [0.1, 0.15) is 28.3 Å². The van der Waals surface area contributed by atoms with Gasteiger partial charge >= 0.3 is 12.4 Å². The van der Waals surface area contributed by atoms with Crippen LogP contribution in [0.15, 0.2) is 48.5 Å². The van der Waals surface area contributed by atoms with Crippen molar-refractivity contribution >= 4 is 0 Å². The van der Waals surface area contributed by atoms with E-state index in [1.165, 1.54) is 0 Å². The summed E-state index contributed by atoms with van der Waals surface area (Å²) >= 11 is 0. The molecule has 0 aliphatic carbocycles. The molecule has 0 aliphatic rings. The van der Waals surface area contributed by atoms with Crippen molar-refractivity contribution in [2.75, 3.05) is 6.61 Å². The zero-order valence-electron chi connectivity index (χ0n) is 12.9. The van der Waals surface area contributed by atoms with Gasteiger partial charge < -0.3 is 10.5 Å². The molecule has 0 saturated heterocycles. The average Bonchev–Trinajstić information content (AvgIpc) is 2.53. The number of hydrogen-bond acceptors (Lipinski definition) is 2. The lowest BCUT2D eigenvalue weighted by Gasteiger charge is -2.20. The van der Waals surface area contributed by atoms with Gasteiger partial charge in [-0.3, -0.25) is 0 Å². The summed E-state index contributed by atoms with van der Waals surface area (Å²) in [4.78, 5) is 0. The Labute approximate surface area is 140 Å². The molecule has 2 N–H and O–H groups in total. The first-order valence-corrected chi connectivity index (χ1v) is 7.25. The largest absolute Gasteiger partial charge is 0.417 e. The van der Waals surface area contributed by atoms with Crippen LogP contribution in [0.2, 0.25) is 0 Å². The summed E-state index contributed by atoms with van der Waals surface area (Å²) in [6.45, 7) is -0.753. The number of ether oxygens (including phenoxy) is 1. The fourth-order valence-corrected chi connectivity index (χ4v) is 2.38. The molecule has 0 spiro atoms. The van der Waals surface area contributed by atoms with Gasteiger partial charge in [-0.15, -0.1) is 0 Å². The molecule has 1 atom stereocenters. The summed E-state index contributed by atoms with van der Waals surface area (Å²) in [5, 5.41) is 0. The Morgan fingerprint density at radius 2 is 1.48 bits per heavy atom. The van der Waals surface area contributed by atoms with Crippen LogP contribution < -0.4 is 5.73 Å². The van der Waals surface area contributed by atoms with Crippen LogP contribution in [-0.2, 0) is 23.7 Å². The molecule has 25 heavy (non-hydrogen) atoms. The zero-order chi connectivity index (χ0) is 18.7. The molecular formula is C17H15F6NO. The second-order valence-electron chi connectivity index (χ2n) is 5.37. The smallest absolute Gasteiger partial charge is 0.375 e. The summed E-state index contributed by atoms with van der Waals surface area (Å²) in [7, 11) is 0. The molecule has 0 heterocycles. The Morgan fingerprint density at radius 3 is 2.04 bits per heavy atom. The molecule has 0 aliphatic heterocycles. The predicted molar refractivity (Wildman–Crippen MR) is 79.5 cm³/mol. The van der Waals surface area contributed by atoms with Crippen molar-refractivity contribution in [3.63, 3.8) is 0 Å². The van der Waals surface area contributed by atoms with Gasteiger partial charge in [0, 0.05) is 0 Å². The fourth-order valence-electron chi connectivity index (χ4n) is 2.38. The number of alkyl halides is 6. The van der Waals surface area contributed by atoms with E-state index in [1.54, 1.807) is 30.3 Å². The topological polar surface area (TPSA) is 35.2 Å². The third-order valence-corrected chi connectivity index (χ3v) is 3.52. The van der Waals surface area contributed by atoms with Gasteiger partial charge in [0.05, 0.1) is 30.4 Å². The van der Waals surface area contributed by atoms with Gasteiger partial charge in [0.2, 0.25) is 0 Å². The summed E-state index contributed by atoms with van der Waals surface area (Å²) in [5.74, 6) is 0. The van der Waals surface area contributed by atoms with Crippen LogP contribution in [0.5, 0.6) is 0 Å². The molecule has 2 nitrogen and oxygen atoms in total. The molecule has 2 aromatic carbocycles. The maximum atomic E-state index is 13.1. The molecule has 136 valence electrons. The highest BCUT2D eigenvalue weighted by Gasteiger charge is 2.44. The molecule has 2 aromatic rings. The molecule has 1 unspecified atom stereocenters. The minimum absolute atomic E-state index is 0.127. The highest BCUT2D eigenvalue weighted by molar-refractivity contribution is 5.39. The first-order valence-electron chi connectivity index (χ1n) is 7.25. The number of hydrogen-bond donors (Lipinski definition) is 1. The Morgan fingerprint density at radius 1 is 0.840 bits per heavy atom. The third kappa shape index (κ3) is 4.96. The molecule has 0 fully saturated rings. The maximum Gasteiger partial charge on any atom is 0.417 e. The Hall–Kier alpha value is -2.06. The van der Waals surface area contributed by atoms with E-state index < -0.39 is 41.7 Å². The van der Waals surface area contributed by atoms with Crippen molar-refractivity contribution in [2.45, 2.75) is 25.0 Å². The molecule has 0 amide bonds. The highest BCUT2D eigenvalue weighted by atomic mass is 19.4. The fraction of sp³-hybridized carbons (Fsp3) is 0.294. The number of halogens is 6.